The highest BCUT2D eigenvalue weighted by molar-refractivity contribution is 6.50. The molecule has 0 saturated heterocycles. The van der Waals surface area contributed by atoms with E-state index in [1.165, 1.54) is 0 Å². The van der Waals surface area contributed by atoms with Crippen molar-refractivity contribution in [1.82, 2.24) is 0 Å². The van der Waals surface area contributed by atoms with Gasteiger partial charge in [0.05, 0.1) is 17.0 Å². The molecule has 0 unspecified atom stereocenters. The van der Waals surface area contributed by atoms with Gasteiger partial charge in [-0.05, 0) is 32.9 Å². The zero-order valence-electron chi connectivity index (χ0n) is 10.5. The van der Waals surface area contributed by atoms with E-state index in [2.05, 4.69) is 4.99 Å². The maximum absolute atomic E-state index is 11.6. The number of cyclic esters (lactones) is 1. The number of rotatable bonds is 2. The van der Waals surface area contributed by atoms with Gasteiger partial charge in [-0.2, -0.15) is 0 Å². The van der Waals surface area contributed by atoms with Crippen molar-refractivity contribution in [1.29, 1.82) is 0 Å². The Morgan fingerprint density at radius 3 is 2.22 bits per heavy atom. The number of ether oxygens (including phenoxy) is 1. The van der Waals surface area contributed by atoms with E-state index in [1.54, 1.807) is 13.8 Å². The number of allylic oxidation sites excluding steroid dienone is 1. The van der Waals surface area contributed by atoms with E-state index < -0.39 is 11.8 Å². The Morgan fingerprint density at radius 1 is 1.11 bits per heavy atom. The Hall–Kier alpha value is -2.23. The van der Waals surface area contributed by atoms with E-state index in [1.807, 2.05) is 31.2 Å². The number of carbonyl (C=O) groups excluding carboxylic acids is 2. The first kappa shape index (κ1) is 12.2. The number of esters is 1. The number of hydrogen-bond acceptors (Lipinski definition) is 4. The highest BCUT2D eigenvalue weighted by Gasteiger charge is 2.33. The van der Waals surface area contributed by atoms with Gasteiger partial charge in [-0.3, -0.25) is 9.79 Å². The second-order valence-electron chi connectivity index (χ2n) is 4.18. The molecule has 2 rings (SSSR count). The highest BCUT2D eigenvalue weighted by Crippen LogP contribution is 2.21. The Kier molecular flexibility index (Phi) is 3.10. The van der Waals surface area contributed by atoms with Crippen molar-refractivity contribution in [3.05, 3.63) is 41.2 Å². The molecule has 0 aromatic heterocycles. The summed E-state index contributed by atoms with van der Waals surface area (Å²) >= 11 is 0. The summed E-state index contributed by atoms with van der Waals surface area (Å²) in [6.07, 6.45) is 0. The predicted molar refractivity (Wildman–Crippen MR) is 67.7 cm³/mol. The molecule has 1 heterocycles. The topological polar surface area (TPSA) is 55.7 Å². The van der Waals surface area contributed by atoms with E-state index in [0.717, 1.165) is 11.3 Å². The number of aliphatic imine (C=N–C) groups is 1. The van der Waals surface area contributed by atoms with Gasteiger partial charge in [0.15, 0.2) is 0 Å². The van der Waals surface area contributed by atoms with Crippen LogP contribution >= 0.6 is 0 Å². The minimum absolute atomic E-state index is 0.264. The molecular weight excluding hydrogens is 230 g/mol. The van der Waals surface area contributed by atoms with E-state index in [0.29, 0.717) is 11.5 Å². The number of ketones is 1. The van der Waals surface area contributed by atoms with Gasteiger partial charge in [0.1, 0.15) is 5.76 Å². The molecule has 0 radical (unpaired) electrons. The van der Waals surface area contributed by atoms with Crippen molar-refractivity contribution in [2.45, 2.75) is 20.8 Å². The molecule has 18 heavy (non-hydrogen) atoms. The van der Waals surface area contributed by atoms with Gasteiger partial charge in [0.25, 0.3) is 5.78 Å². The lowest BCUT2D eigenvalue weighted by atomic mass is 10.1. The second-order valence-corrected chi connectivity index (χ2v) is 4.18. The van der Waals surface area contributed by atoms with Gasteiger partial charge in [-0.25, -0.2) is 4.79 Å². The number of hydrogen-bond donors (Lipinski definition) is 0. The van der Waals surface area contributed by atoms with Crippen LogP contribution in [0.2, 0.25) is 0 Å². The van der Waals surface area contributed by atoms with Crippen LogP contribution < -0.4 is 0 Å². The molecule has 1 aliphatic heterocycles. The Bertz CT molecular complexity index is 580. The molecular formula is C14H13NO3. The normalized spacial score (nSPS) is 16.3. The first-order chi connectivity index (χ1) is 8.49. The van der Waals surface area contributed by atoms with E-state index in [9.17, 15) is 9.59 Å². The lowest BCUT2D eigenvalue weighted by Crippen LogP contribution is -2.13. The summed E-state index contributed by atoms with van der Waals surface area (Å²) < 4.78 is 4.77. The van der Waals surface area contributed by atoms with Crippen molar-refractivity contribution in [3.63, 3.8) is 0 Å². The molecule has 0 aliphatic carbocycles. The average molecular weight is 243 g/mol. The van der Waals surface area contributed by atoms with Crippen molar-refractivity contribution in [2.24, 2.45) is 4.99 Å². The van der Waals surface area contributed by atoms with Crippen molar-refractivity contribution in [3.8, 4) is 0 Å². The molecule has 1 aliphatic rings. The third kappa shape index (κ3) is 2.22. The van der Waals surface area contributed by atoms with Crippen molar-refractivity contribution in [2.75, 3.05) is 0 Å². The fraction of sp³-hybridized carbons (Fsp3) is 0.214. The molecule has 4 heteroatoms. The number of benzene rings is 1. The Balaban J connectivity index is 2.34. The van der Waals surface area contributed by atoms with Gasteiger partial charge in [-0.1, -0.05) is 17.7 Å². The average Bonchev–Trinajstić information content (AvgIpc) is 2.56. The molecule has 0 spiro atoms. The van der Waals surface area contributed by atoms with Crippen LogP contribution in [-0.4, -0.2) is 17.5 Å². The fourth-order valence-corrected chi connectivity index (χ4v) is 1.79. The fourth-order valence-electron chi connectivity index (χ4n) is 1.79. The molecule has 0 fully saturated rings. The van der Waals surface area contributed by atoms with Crippen LogP contribution in [0, 0.1) is 6.92 Å². The summed E-state index contributed by atoms with van der Waals surface area (Å²) in [7, 11) is 0. The maximum Gasteiger partial charge on any atom is 0.384 e. The molecule has 4 nitrogen and oxygen atoms in total. The predicted octanol–water partition coefficient (Wildman–Crippen LogP) is 2.49. The van der Waals surface area contributed by atoms with E-state index >= 15 is 0 Å². The van der Waals surface area contributed by atoms with Crippen LogP contribution in [0.15, 0.2) is 40.6 Å². The third-order valence-corrected chi connectivity index (χ3v) is 2.70. The number of nitrogens with zero attached hydrogens (tertiary/aromatic N) is 1. The van der Waals surface area contributed by atoms with Crippen LogP contribution in [0.25, 0.3) is 0 Å². The summed E-state index contributed by atoms with van der Waals surface area (Å²) in [5, 5.41) is 0. The lowest BCUT2D eigenvalue weighted by Gasteiger charge is -2.00. The van der Waals surface area contributed by atoms with Crippen LogP contribution in [0.5, 0.6) is 0 Å². The molecule has 0 saturated carbocycles. The molecule has 0 bridgehead atoms. The van der Waals surface area contributed by atoms with Crippen molar-refractivity contribution < 1.29 is 14.3 Å². The van der Waals surface area contributed by atoms with Crippen LogP contribution in [-0.2, 0) is 14.3 Å². The number of carbonyl (C=O) groups is 2. The summed E-state index contributed by atoms with van der Waals surface area (Å²) in [4.78, 5) is 27.0. The summed E-state index contributed by atoms with van der Waals surface area (Å²) in [5.74, 6) is -1.14. The smallest absolute Gasteiger partial charge is 0.384 e. The molecule has 0 amide bonds. The first-order valence-corrected chi connectivity index (χ1v) is 5.59. The van der Waals surface area contributed by atoms with Gasteiger partial charge in [0.2, 0.25) is 0 Å². The first-order valence-electron chi connectivity index (χ1n) is 5.59. The van der Waals surface area contributed by atoms with Gasteiger partial charge >= 0.3 is 5.97 Å². The quantitative estimate of drug-likeness (QED) is 0.455. The van der Waals surface area contributed by atoms with Crippen LogP contribution in [0.3, 0.4) is 0 Å². The largest absolute Gasteiger partial charge is 0.425 e. The standard InChI is InChI=1S/C14H13NO3/c1-8-4-6-11(7-5-8)15-9(2)12-10(3)18-14(17)13(12)16/h4-7H,1-3H3. The minimum Gasteiger partial charge on any atom is -0.425 e. The number of Topliss-reactive ketones (excluding diaryl/α,β-unsaturated/α-hetero) is 1. The summed E-state index contributed by atoms with van der Waals surface area (Å²) in [5.41, 5.74) is 2.63. The van der Waals surface area contributed by atoms with Gasteiger partial charge in [0, 0.05) is 0 Å². The van der Waals surface area contributed by atoms with Crippen LogP contribution in [0.4, 0.5) is 5.69 Å². The SMILES string of the molecule is CC(=Nc1ccc(C)cc1)C1=C(C)OC(=O)C1=O. The molecule has 0 atom stereocenters. The van der Waals surface area contributed by atoms with Crippen LogP contribution in [0.1, 0.15) is 19.4 Å². The highest BCUT2D eigenvalue weighted by atomic mass is 16.5. The molecule has 1 aromatic rings. The molecule has 1 aromatic carbocycles. The summed E-state index contributed by atoms with van der Waals surface area (Å²) in [6.45, 7) is 5.27. The Morgan fingerprint density at radius 2 is 1.72 bits per heavy atom. The monoisotopic (exact) mass is 243 g/mol. The molecule has 0 N–H and O–H groups in total. The third-order valence-electron chi connectivity index (χ3n) is 2.70. The molecule has 92 valence electrons. The lowest BCUT2D eigenvalue weighted by molar-refractivity contribution is -0.146. The second kappa shape index (κ2) is 4.56. The van der Waals surface area contributed by atoms with E-state index in [-0.39, 0.29) is 5.57 Å². The Labute approximate surface area is 105 Å². The number of aryl methyl sites for hydroxylation is 1. The maximum atomic E-state index is 11.6. The zero-order valence-corrected chi connectivity index (χ0v) is 10.5. The van der Waals surface area contributed by atoms with E-state index in [4.69, 9.17) is 4.74 Å². The minimum atomic E-state index is -0.832. The summed E-state index contributed by atoms with van der Waals surface area (Å²) in [6, 6.07) is 7.59. The van der Waals surface area contributed by atoms with Gasteiger partial charge in [-0.15, -0.1) is 0 Å². The van der Waals surface area contributed by atoms with Gasteiger partial charge < -0.3 is 4.74 Å². The van der Waals surface area contributed by atoms with Crippen molar-refractivity contribution >= 4 is 23.2 Å². The zero-order chi connectivity index (χ0) is 13.3.